The van der Waals surface area contributed by atoms with E-state index in [2.05, 4.69) is 53.6 Å². The Hall–Kier alpha value is -2.66. The number of hydrogen-bond acceptors (Lipinski definition) is 3. The highest BCUT2D eigenvalue weighted by Crippen LogP contribution is 2.30. The van der Waals surface area contributed by atoms with Crippen molar-refractivity contribution in [1.82, 2.24) is 10.2 Å². The molecule has 2 aromatic carbocycles. The van der Waals surface area contributed by atoms with Crippen LogP contribution < -0.4 is 10.6 Å². The van der Waals surface area contributed by atoms with Gasteiger partial charge in [-0.2, -0.15) is 0 Å². The fourth-order valence-electron chi connectivity index (χ4n) is 4.52. The molecule has 31 heavy (non-hydrogen) atoms. The van der Waals surface area contributed by atoms with E-state index in [-0.39, 0.29) is 17.7 Å². The molecule has 1 saturated carbocycles. The SMILES string of the molecule is CC1CC(C)CN(Cc2ccc(CNC(=O)c3ccc(NC(=O)C4CC4)cc3)cc2)C1. The van der Waals surface area contributed by atoms with Crippen molar-refractivity contribution in [2.24, 2.45) is 17.8 Å². The number of likely N-dealkylation sites (tertiary alicyclic amines) is 1. The molecule has 2 aliphatic rings. The molecular weight excluding hydrogens is 386 g/mol. The van der Waals surface area contributed by atoms with Gasteiger partial charge in [0.25, 0.3) is 5.91 Å². The van der Waals surface area contributed by atoms with Gasteiger partial charge in [-0.3, -0.25) is 14.5 Å². The number of anilines is 1. The smallest absolute Gasteiger partial charge is 0.251 e. The quantitative estimate of drug-likeness (QED) is 0.697. The van der Waals surface area contributed by atoms with Crippen LogP contribution >= 0.6 is 0 Å². The monoisotopic (exact) mass is 419 g/mol. The summed E-state index contributed by atoms with van der Waals surface area (Å²) in [7, 11) is 0. The first kappa shape index (κ1) is 21.6. The summed E-state index contributed by atoms with van der Waals surface area (Å²) in [6.07, 6.45) is 3.28. The number of piperidine rings is 1. The van der Waals surface area contributed by atoms with Crippen LogP contribution in [0.4, 0.5) is 5.69 Å². The van der Waals surface area contributed by atoms with Gasteiger partial charge in [0.15, 0.2) is 0 Å². The first-order valence-electron chi connectivity index (χ1n) is 11.5. The maximum atomic E-state index is 12.5. The van der Waals surface area contributed by atoms with Crippen LogP contribution in [0.1, 0.15) is 54.6 Å². The molecule has 1 aliphatic carbocycles. The second-order valence-electron chi connectivity index (χ2n) is 9.48. The topological polar surface area (TPSA) is 61.4 Å². The predicted molar refractivity (Wildman–Crippen MR) is 124 cm³/mol. The Labute approximate surface area is 185 Å². The molecule has 2 atom stereocenters. The van der Waals surface area contributed by atoms with Crippen LogP contribution in [0.5, 0.6) is 0 Å². The van der Waals surface area contributed by atoms with Crippen LogP contribution in [-0.2, 0) is 17.9 Å². The van der Waals surface area contributed by atoms with Crippen molar-refractivity contribution >= 4 is 17.5 Å². The number of amides is 2. The van der Waals surface area contributed by atoms with Gasteiger partial charge in [-0.05, 0) is 66.5 Å². The van der Waals surface area contributed by atoms with Gasteiger partial charge >= 0.3 is 0 Å². The lowest BCUT2D eigenvalue weighted by atomic mass is 9.91. The third kappa shape index (κ3) is 6.17. The first-order chi connectivity index (χ1) is 15.0. The van der Waals surface area contributed by atoms with E-state index in [0.717, 1.165) is 42.5 Å². The molecule has 2 N–H and O–H groups in total. The molecular formula is C26H33N3O2. The normalized spacial score (nSPS) is 21.5. The lowest BCUT2D eigenvalue weighted by molar-refractivity contribution is -0.117. The Bertz CT molecular complexity index is 893. The van der Waals surface area contributed by atoms with E-state index in [1.807, 2.05) is 0 Å². The number of carbonyl (C=O) groups excluding carboxylic acids is 2. The van der Waals surface area contributed by atoms with Gasteiger partial charge in [0, 0.05) is 43.3 Å². The van der Waals surface area contributed by atoms with Gasteiger partial charge < -0.3 is 10.6 Å². The largest absolute Gasteiger partial charge is 0.348 e. The molecule has 5 heteroatoms. The summed E-state index contributed by atoms with van der Waals surface area (Å²) in [6.45, 7) is 8.51. The zero-order valence-corrected chi connectivity index (χ0v) is 18.6. The molecule has 1 heterocycles. The Morgan fingerprint density at radius 2 is 1.52 bits per heavy atom. The van der Waals surface area contributed by atoms with Crippen molar-refractivity contribution in [3.8, 4) is 0 Å². The Balaban J connectivity index is 1.25. The summed E-state index contributed by atoms with van der Waals surface area (Å²) in [6, 6.07) is 15.6. The molecule has 0 spiro atoms. The molecule has 164 valence electrons. The Morgan fingerprint density at radius 1 is 0.903 bits per heavy atom. The third-order valence-corrected chi connectivity index (χ3v) is 6.19. The van der Waals surface area contributed by atoms with E-state index in [4.69, 9.17) is 0 Å². The van der Waals surface area contributed by atoms with E-state index in [1.54, 1.807) is 24.3 Å². The van der Waals surface area contributed by atoms with Gasteiger partial charge in [0.2, 0.25) is 5.91 Å². The van der Waals surface area contributed by atoms with Crippen molar-refractivity contribution in [2.75, 3.05) is 18.4 Å². The van der Waals surface area contributed by atoms with Crippen molar-refractivity contribution in [3.63, 3.8) is 0 Å². The molecule has 5 nitrogen and oxygen atoms in total. The van der Waals surface area contributed by atoms with Gasteiger partial charge in [-0.1, -0.05) is 38.1 Å². The summed E-state index contributed by atoms with van der Waals surface area (Å²) < 4.78 is 0. The predicted octanol–water partition coefficient (Wildman–Crippen LogP) is 4.44. The van der Waals surface area contributed by atoms with Gasteiger partial charge in [-0.15, -0.1) is 0 Å². The lowest BCUT2D eigenvalue weighted by Crippen LogP contribution is -2.38. The number of nitrogens with zero attached hydrogens (tertiary/aromatic N) is 1. The molecule has 0 aromatic heterocycles. The molecule has 0 bridgehead atoms. The fraction of sp³-hybridized carbons (Fsp3) is 0.462. The van der Waals surface area contributed by atoms with E-state index in [0.29, 0.717) is 12.1 Å². The molecule has 4 rings (SSSR count). The minimum atomic E-state index is -0.111. The Morgan fingerprint density at radius 3 is 2.13 bits per heavy atom. The molecule has 2 amide bonds. The van der Waals surface area contributed by atoms with E-state index in [9.17, 15) is 9.59 Å². The summed E-state index contributed by atoms with van der Waals surface area (Å²) >= 11 is 0. The highest BCUT2D eigenvalue weighted by Gasteiger charge is 2.29. The summed E-state index contributed by atoms with van der Waals surface area (Å²) in [5.41, 5.74) is 3.74. The number of carbonyl (C=O) groups is 2. The average Bonchev–Trinajstić information content (AvgIpc) is 3.58. The lowest BCUT2D eigenvalue weighted by Gasteiger charge is -2.35. The van der Waals surface area contributed by atoms with E-state index < -0.39 is 0 Å². The van der Waals surface area contributed by atoms with Crippen LogP contribution in [0, 0.1) is 17.8 Å². The molecule has 2 unspecified atom stereocenters. The van der Waals surface area contributed by atoms with Crippen LogP contribution in [0.25, 0.3) is 0 Å². The standard InChI is InChI=1S/C26H33N3O2/c1-18-13-19(2)16-29(15-18)17-21-5-3-20(4-6-21)14-27-25(30)22-9-11-24(12-10-22)28-26(31)23-7-8-23/h3-6,9-12,18-19,23H,7-8,13-17H2,1-2H3,(H,27,30)(H,28,31). The third-order valence-electron chi connectivity index (χ3n) is 6.19. The summed E-state index contributed by atoms with van der Waals surface area (Å²) in [4.78, 5) is 26.8. The van der Waals surface area contributed by atoms with Gasteiger partial charge in [0.05, 0.1) is 0 Å². The minimum Gasteiger partial charge on any atom is -0.348 e. The van der Waals surface area contributed by atoms with Crippen molar-refractivity contribution in [1.29, 1.82) is 0 Å². The fourth-order valence-corrected chi connectivity index (χ4v) is 4.52. The van der Waals surface area contributed by atoms with Crippen LogP contribution in [0.15, 0.2) is 48.5 Å². The van der Waals surface area contributed by atoms with Crippen LogP contribution in [-0.4, -0.2) is 29.8 Å². The number of benzene rings is 2. The maximum absolute atomic E-state index is 12.5. The summed E-state index contributed by atoms with van der Waals surface area (Å²) in [5.74, 6) is 1.66. The highest BCUT2D eigenvalue weighted by atomic mass is 16.2. The molecule has 1 saturated heterocycles. The first-order valence-corrected chi connectivity index (χ1v) is 11.5. The number of nitrogens with one attached hydrogen (secondary N) is 2. The number of hydrogen-bond donors (Lipinski definition) is 2. The van der Waals surface area contributed by atoms with E-state index >= 15 is 0 Å². The van der Waals surface area contributed by atoms with Crippen LogP contribution in [0.2, 0.25) is 0 Å². The van der Waals surface area contributed by atoms with E-state index in [1.165, 1.54) is 25.1 Å². The molecule has 2 fully saturated rings. The molecule has 1 aliphatic heterocycles. The second-order valence-corrected chi connectivity index (χ2v) is 9.48. The zero-order valence-electron chi connectivity index (χ0n) is 18.6. The highest BCUT2D eigenvalue weighted by molar-refractivity contribution is 5.96. The average molecular weight is 420 g/mol. The summed E-state index contributed by atoms with van der Waals surface area (Å²) in [5, 5.41) is 5.87. The van der Waals surface area contributed by atoms with Crippen LogP contribution in [0.3, 0.4) is 0 Å². The second kappa shape index (κ2) is 9.65. The van der Waals surface area contributed by atoms with Crippen molar-refractivity contribution < 1.29 is 9.59 Å². The Kier molecular flexibility index (Phi) is 6.71. The molecule has 0 radical (unpaired) electrons. The zero-order chi connectivity index (χ0) is 21.8. The maximum Gasteiger partial charge on any atom is 0.251 e. The van der Waals surface area contributed by atoms with Crippen molar-refractivity contribution in [2.45, 2.75) is 46.2 Å². The molecule has 2 aromatic rings. The van der Waals surface area contributed by atoms with Gasteiger partial charge in [-0.25, -0.2) is 0 Å². The van der Waals surface area contributed by atoms with Gasteiger partial charge in [0.1, 0.15) is 0 Å². The van der Waals surface area contributed by atoms with Crippen molar-refractivity contribution in [3.05, 3.63) is 65.2 Å². The minimum absolute atomic E-state index is 0.0740. The number of rotatable bonds is 7.